The van der Waals surface area contributed by atoms with E-state index in [1.54, 1.807) is 4.68 Å². The Morgan fingerprint density at radius 2 is 2.00 bits per heavy atom. The van der Waals surface area contributed by atoms with Gasteiger partial charge in [-0.2, -0.15) is 5.10 Å². The van der Waals surface area contributed by atoms with Crippen molar-refractivity contribution in [3.8, 4) is 0 Å². The third kappa shape index (κ3) is 3.61. The zero-order valence-electron chi connectivity index (χ0n) is 17.3. The van der Waals surface area contributed by atoms with E-state index >= 15 is 0 Å². The molecule has 1 amide bonds. The number of ether oxygens (including phenoxy) is 2. The zero-order chi connectivity index (χ0) is 20.6. The van der Waals surface area contributed by atoms with Crippen molar-refractivity contribution in [2.45, 2.75) is 37.6 Å². The molecule has 0 N–H and O–H groups in total. The number of amides is 1. The summed E-state index contributed by atoms with van der Waals surface area (Å²) in [6.45, 7) is 2.52. The van der Waals surface area contributed by atoms with Crippen LogP contribution in [0.2, 0.25) is 0 Å². The van der Waals surface area contributed by atoms with Gasteiger partial charge in [-0.15, -0.1) is 0 Å². The molecule has 0 radical (unpaired) electrons. The number of para-hydroxylation sites is 1. The summed E-state index contributed by atoms with van der Waals surface area (Å²) in [5.74, 6) is -0.0110. The van der Waals surface area contributed by atoms with E-state index in [1.165, 1.54) is 5.56 Å². The van der Waals surface area contributed by atoms with Gasteiger partial charge in [0.25, 0.3) is 5.91 Å². The van der Waals surface area contributed by atoms with Crippen LogP contribution in [0.15, 0.2) is 54.6 Å². The van der Waals surface area contributed by atoms with Crippen molar-refractivity contribution in [1.29, 1.82) is 0 Å². The summed E-state index contributed by atoms with van der Waals surface area (Å²) in [5.41, 5.74) is 2.36. The molecule has 0 saturated carbocycles. The maximum absolute atomic E-state index is 13.3. The predicted molar refractivity (Wildman–Crippen MR) is 114 cm³/mol. The van der Waals surface area contributed by atoms with Crippen LogP contribution in [0.4, 0.5) is 0 Å². The molecule has 6 nitrogen and oxygen atoms in total. The molecule has 3 aromatic rings. The number of nitrogens with zero attached hydrogens (tertiary/aromatic N) is 3. The summed E-state index contributed by atoms with van der Waals surface area (Å²) >= 11 is 0. The van der Waals surface area contributed by atoms with Gasteiger partial charge in [-0.1, -0.05) is 48.5 Å². The van der Waals surface area contributed by atoms with Gasteiger partial charge in [-0.3, -0.25) is 9.48 Å². The molecule has 2 aromatic carbocycles. The van der Waals surface area contributed by atoms with Gasteiger partial charge < -0.3 is 14.4 Å². The first-order valence-corrected chi connectivity index (χ1v) is 10.6. The zero-order valence-corrected chi connectivity index (χ0v) is 17.3. The van der Waals surface area contributed by atoms with Crippen LogP contribution in [0.1, 0.15) is 35.3 Å². The molecule has 2 aliphatic rings. The molecular formula is C24H27N3O3. The quantitative estimate of drug-likeness (QED) is 0.666. The van der Waals surface area contributed by atoms with E-state index < -0.39 is 0 Å². The average Bonchev–Trinajstić information content (AvgIpc) is 3.33. The van der Waals surface area contributed by atoms with Gasteiger partial charge in [-0.05, 0) is 24.5 Å². The van der Waals surface area contributed by atoms with Crippen molar-refractivity contribution in [1.82, 2.24) is 14.7 Å². The highest BCUT2D eigenvalue weighted by Crippen LogP contribution is 2.36. The second-order valence-corrected chi connectivity index (χ2v) is 8.44. The highest BCUT2D eigenvalue weighted by Gasteiger charge is 2.45. The lowest BCUT2D eigenvalue weighted by Crippen LogP contribution is -2.50. The number of hydrogen-bond donors (Lipinski definition) is 0. The minimum Gasteiger partial charge on any atom is -0.371 e. The molecule has 2 fully saturated rings. The van der Waals surface area contributed by atoms with Gasteiger partial charge in [0.15, 0.2) is 5.69 Å². The summed E-state index contributed by atoms with van der Waals surface area (Å²) < 4.78 is 14.1. The molecule has 0 bridgehead atoms. The first kappa shape index (κ1) is 19.3. The topological polar surface area (TPSA) is 56.6 Å². The number of fused-ring (bicyclic) bond motifs is 1. The Bertz CT molecular complexity index is 1050. The van der Waals surface area contributed by atoms with Gasteiger partial charge in [-0.25, -0.2) is 0 Å². The predicted octanol–water partition coefficient (Wildman–Crippen LogP) is 3.55. The summed E-state index contributed by atoms with van der Waals surface area (Å²) in [4.78, 5) is 15.2. The Morgan fingerprint density at radius 1 is 1.20 bits per heavy atom. The molecule has 0 aliphatic carbocycles. The number of benzene rings is 2. The van der Waals surface area contributed by atoms with Crippen LogP contribution in [0, 0.1) is 0 Å². The monoisotopic (exact) mass is 405 g/mol. The molecule has 0 unspecified atom stereocenters. The van der Waals surface area contributed by atoms with E-state index in [1.807, 2.05) is 54.4 Å². The second kappa shape index (κ2) is 7.85. The van der Waals surface area contributed by atoms with Crippen LogP contribution in [0.3, 0.4) is 0 Å². The smallest absolute Gasteiger partial charge is 0.275 e. The Hall–Kier alpha value is -2.70. The van der Waals surface area contributed by atoms with Crippen LogP contribution in [-0.4, -0.2) is 52.0 Å². The minimum absolute atomic E-state index is 0.0110. The summed E-state index contributed by atoms with van der Waals surface area (Å²) in [6, 6.07) is 18.1. The van der Waals surface area contributed by atoms with Crippen molar-refractivity contribution in [2.75, 3.05) is 19.7 Å². The summed E-state index contributed by atoms with van der Waals surface area (Å²) in [5, 5.41) is 5.42. The van der Waals surface area contributed by atoms with Gasteiger partial charge in [0.2, 0.25) is 0 Å². The van der Waals surface area contributed by atoms with Gasteiger partial charge in [0.05, 0.1) is 37.0 Å². The van der Waals surface area contributed by atoms with E-state index in [0.29, 0.717) is 25.5 Å². The third-order valence-electron chi connectivity index (χ3n) is 6.29. The maximum Gasteiger partial charge on any atom is 0.275 e. The first-order chi connectivity index (χ1) is 14.6. The number of piperidine rings is 1. The Kier molecular flexibility index (Phi) is 5.05. The van der Waals surface area contributed by atoms with Crippen molar-refractivity contribution in [3.63, 3.8) is 0 Å². The molecular weight excluding hydrogens is 378 g/mol. The standard InChI is InChI=1S/C24H27N3O3/c1-26-21-11-6-5-10-20(21)22(25-26)23(28)27-13-7-12-24(17-27)14-19(16-30-24)29-15-18-8-3-2-4-9-18/h2-6,8-11,19H,7,12-17H2,1H3/t19-,24+/m0/s1. The lowest BCUT2D eigenvalue weighted by molar-refractivity contribution is -0.0467. The van der Waals surface area contributed by atoms with Crippen molar-refractivity contribution in [3.05, 3.63) is 65.9 Å². The van der Waals surface area contributed by atoms with Crippen molar-refractivity contribution in [2.24, 2.45) is 7.05 Å². The molecule has 6 heteroatoms. The van der Waals surface area contributed by atoms with Gasteiger partial charge >= 0.3 is 0 Å². The molecule has 2 saturated heterocycles. The Balaban J connectivity index is 1.27. The SMILES string of the molecule is Cn1nc(C(=O)N2CCC[C@@]3(C[C@H](OCc4ccccc4)CO3)C2)c2ccccc21. The normalized spacial score (nSPS) is 24.0. The maximum atomic E-state index is 13.3. The molecule has 3 heterocycles. The lowest BCUT2D eigenvalue weighted by atomic mass is 9.89. The number of likely N-dealkylation sites (tertiary alicyclic amines) is 1. The highest BCUT2D eigenvalue weighted by atomic mass is 16.6. The highest BCUT2D eigenvalue weighted by molar-refractivity contribution is 6.04. The Morgan fingerprint density at radius 3 is 2.87 bits per heavy atom. The van der Waals surface area contributed by atoms with Crippen LogP contribution in [-0.2, 0) is 23.1 Å². The number of hydrogen-bond acceptors (Lipinski definition) is 4. The van der Waals surface area contributed by atoms with Crippen LogP contribution in [0.25, 0.3) is 10.9 Å². The largest absolute Gasteiger partial charge is 0.371 e. The molecule has 1 aromatic heterocycles. The average molecular weight is 405 g/mol. The lowest BCUT2D eigenvalue weighted by Gasteiger charge is -2.39. The van der Waals surface area contributed by atoms with Crippen LogP contribution in [0.5, 0.6) is 0 Å². The first-order valence-electron chi connectivity index (χ1n) is 10.6. The van der Waals surface area contributed by atoms with Crippen molar-refractivity contribution >= 4 is 16.8 Å². The van der Waals surface area contributed by atoms with Crippen LogP contribution < -0.4 is 0 Å². The van der Waals surface area contributed by atoms with Crippen LogP contribution >= 0.6 is 0 Å². The number of rotatable bonds is 4. The summed E-state index contributed by atoms with van der Waals surface area (Å²) in [6.07, 6.45) is 2.79. The van der Waals surface area contributed by atoms with Crippen molar-refractivity contribution < 1.29 is 14.3 Å². The fraction of sp³-hybridized carbons (Fsp3) is 0.417. The molecule has 30 heavy (non-hydrogen) atoms. The van der Waals surface area contributed by atoms with E-state index in [2.05, 4.69) is 17.2 Å². The fourth-order valence-electron chi connectivity index (χ4n) is 4.78. The molecule has 5 rings (SSSR count). The van der Waals surface area contributed by atoms with E-state index in [4.69, 9.17) is 9.47 Å². The number of carbonyl (C=O) groups is 1. The molecule has 1 spiro atoms. The van der Waals surface area contributed by atoms with E-state index in [-0.39, 0.29) is 17.6 Å². The number of aryl methyl sites for hydroxylation is 1. The van der Waals surface area contributed by atoms with E-state index in [0.717, 1.165) is 36.7 Å². The minimum atomic E-state index is -0.306. The number of carbonyl (C=O) groups excluding carboxylic acids is 1. The van der Waals surface area contributed by atoms with E-state index in [9.17, 15) is 4.79 Å². The fourth-order valence-corrected chi connectivity index (χ4v) is 4.78. The molecule has 2 atom stereocenters. The molecule has 156 valence electrons. The van der Waals surface area contributed by atoms with Gasteiger partial charge in [0, 0.05) is 25.4 Å². The molecule has 2 aliphatic heterocycles. The van der Waals surface area contributed by atoms with Gasteiger partial charge in [0.1, 0.15) is 0 Å². The Labute approximate surface area is 176 Å². The number of aromatic nitrogens is 2. The third-order valence-corrected chi connectivity index (χ3v) is 6.29. The second-order valence-electron chi connectivity index (χ2n) is 8.44. The summed E-state index contributed by atoms with van der Waals surface area (Å²) in [7, 11) is 1.88.